The van der Waals surface area contributed by atoms with E-state index in [2.05, 4.69) is 14.4 Å². The van der Waals surface area contributed by atoms with Gasteiger partial charge in [-0.3, -0.25) is 0 Å². The van der Waals surface area contributed by atoms with Crippen molar-refractivity contribution in [3.8, 4) is 0 Å². The van der Waals surface area contributed by atoms with Crippen molar-refractivity contribution in [1.29, 1.82) is 0 Å². The molecule has 12 heteroatoms. The van der Waals surface area contributed by atoms with Gasteiger partial charge >= 0.3 is 6.18 Å². The largest absolute Gasteiger partial charge is 0.411 e. The molecule has 0 fully saturated rings. The minimum Gasteiger partial charge on any atom is -0.382 e. The van der Waals surface area contributed by atoms with Crippen LogP contribution in [0.4, 0.5) is 24.0 Å². The van der Waals surface area contributed by atoms with E-state index in [1.54, 1.807) is 0 Å². The highest BCUT2D eigenvalue weighted by molar-refractivity contribution is 7.89. The summed E-state index contributed by atoms with van der Waals surface area (Å²) in [4.78, 5) is -0.187. The molecule has 1 heterocycles. The molecular formula is C9H15F3N4O3S2. The molecule has 1 aromatic rings. The number of nitrogens with one attached hydrogen (secondary N) is 1. The lowest BCUT2D eigenvalue weighted by atomic mass is 10.5. The molecule has 0 aliphatic heterocycles. The Balaban J connectivity index is 2.66. The van der Waals surface area contributed by atoms with Gasteiger partial charge in [-0.2, -0.15) is 17.5 Å². The van der Waals surface area contributed by atoms with Crippen LogP contribution in [0.5, 0.6) is 0 Å². The predicted octanol–water partition coefficient (Wildman–Crippen LogP) is 0.966. The molecule has 0 saturated carbocycles. The molecule has 1 rings (SSSR count). The number of alkyl halides is 3. The Morgan fingerprint density at radius 2 is 2.05 bits per heavy atom. The molecule has 1 aromatic heterocycles. The summed E-state index contributed by atoms with van der Waals surface area (Å²) in [5.41, 5.74) is 5.53. The quantitative estimate of drug-likeness (QED) is 0.713. The Labute approximate surface area is 124 Å². The van der Waals surface area contributed by atoms with Crippen molar-refractivity contribution in [3.05, 3.63) is 0 Å². The summed E-state index contributed by atoms with van der Waals surface area (Å²) in [6.45, 7) is -1.60. The van der Waals surface area contributed by atoms with Crippen LogP contribution in [-0.2, 0) is 14.8 Å². The van der Waals surface area contributed by atoms with Crippen molar-refractivity contribution in [2.45, 2.75) is 11.1 Å². The van der Waals surface area contributed by atoms with E-state index in [0.29, 0.717) is 0 Å². The maximum Gasteiger partial charge on any atom is 0.411 e. The van der Waals surface area contributed by atoms with Gasteiger partial charge in [0.1, 0.15) is 11.6 Å². The molecular weight excluding hydrogens is 333 g/mol. The van der Waals surface area contributed by atoms with E-state index in [-0.39, 0.29) is 28.9 Å². The number of nitrogen functional groups attached to an aromatic ring is 1. The number of hydrogen-bond acceptors (Lipinski definition) is 7. The normalized spacial score (nSPS) is 12.9. The first-order valence-electron chi connectivity index (χ1n) is 5.61. The fraction of sp³-hybridized carbons (Fsp3) is 0.667. The van der Waals surface area contributed by atoms with Gasteiger partial charge in [0, 0.05) is 20.6 Å². The second-order valence-electron chi connectivity index (χ2n) is 4.11. The molecule has 3 N–H and O–H groups in total. The summed E-state index contributed by atoms with van der Waals surface area (Å²) < 4.78 is 68.8. The van der Waals surface area contributed by atoms with E-state index in [9.17, 15) is 21.6 Å². The van der Waals surface area contributed by atoms with Crippen LogP contribution in [-0.4, -0.2) is 57.1 Å². The van der Waals surface area contributed by atoms with E-state index in [0.717, 1.165) is 15.8 Å². The average Bonchev–Trinajstić information content (AvgIpc) is 2.69. The first-order chi connectivity index (χ1) is 9.55. The van der Waals surface area contributed by atoms with E-state index in [1.165, 1.54) is 14.1 Å². The smallest absolute Gasteiger partial charge is 0.382 e. The van der Waals surface area contributed by atoms with Crippen molar-refractivity contribution >= 4 is 32.4 Å². The number of aromatic nitrogens is 1. The maximum absolute atomic E-state index is 12.0. The topological polar surface area (TPSA) is 97.6 Å². The lowest BCUT2D eigenvalue weighted by Crippen LogP contribution is -2.24. The van der Waals surface area contributed by atoms with E-state index < -0.39 is 22.8 Å². The highest BCUT2D eigenvalue weighted by atomic mass is 32.2. The standard InChI is InChI=1S/C9H15F3N4O3S2/c1-16(2)21(17,18)6-7(13)15-20-8(6)14-3-4-19-5-9(10,11)12/h14H,3-5H2,1-2H3,(H2,13,15). The number of anilines is 2. The van der Waals surface area contributed by atoms with Crippen LogP contribution < -0.4 is 11.1 Å². The molecule has 0 unspecified atom stereocenters. The van der Waals surface area contributed by atoms with Crippen molar-refractivity contribution in [3.63, 3.8) is 0 Å². The summed E-state index contributed by atoms with van der Waals surface area (Å²) in [7, 11) is -1.12. The first-order valence-corrected chi connectivity index (χ1v) is 7.83. The van der Waals surface area contributed by atoms with Crippen LogP contribution >= 0.6 is 11.5 Å². The SMILES string of the molecule is CN(C)S(=O)(=O)c1c(N)nsc1NCCOCC(F)(F)F. The highest BCUT2D eigenvalue weighted by Crippen LogP contribution is 2.32. The van der Waals surface area contributed by atoms with Gasteiger partial charge in [0.2, 0.25) is 10.0 Å². The first kappa shape index (κ1) is 17.9. The maximum atomic E-state index is 12.0. The Morgan fingerprint density at radius 3 is 2.57 bits per heavy atom. The molecule has 0 radical (unpaired) electrons. The van der Waals surface area contributed by atoms with Crippen molar-refractivity contribution in [2.75, 3.05) is 44.9 Å². The third-order valence-electron chi connectivity index (χ3n) is 2.21. The van der Waals surface area contributed by atoms with Gasteiger partial charge in [-0.25, -0.2) is 12.7 Å². The summed E-state index contributed by atoms with van der Waals surface area (Å²) in [5, 5.41) is 2.82. The Bertz CT molecular complexity index is 571. The lowest BCUT2D eigenvalue weighted by molar-refractivity contribution is -0.172. The van der Waals surface area contributed by atoms with Crippen LogP contribution in [0.1, 0.15) is 0 Å². The van der Waals surface area contributed by atoms with Gasteiger partial charge in [-0.1, -0.05) is 0 Å². The fourth-order valence-electron chi connectivity index (χ4n) is 1.26. The summed E-state index contributed by atoms with van der Waals surface area (Å²) >= 11 is 0.814. The zero-order chi connectivity index (χ0) is 16.3. The van der Waals surface area contributed by atoms with E-state index in [4.69, 9.17) is 5.73 Å². The number of nitrogens with two attached hydrogens (primary N) is 1. The van der Waals surface area contributed by atoms with Gasteiger partial charge < -0.3 is 15.8 Å². The summed E-state index contributed by atoms with van der Waals surface area (Å²) in [5.74, 6) is -0.160. The average molecular weight is 348 g/mol. The Kier molecular flexibility index (Phi) is 5.78. The number of sulfonamides is 1. The molecule has 21 heavy (non-hydrogen) atoms. The molecule has 0 aliphatic rings. The Hall–Kier alpha value is -1.11. The summed E-state index contributed by atoms with van der Waals surface area (Å²) in [6, 6.07) is 0. The van der Waals surface area contributed by atoms with Crippen LogP contribution in [0.3, 0.4) is 0 Å². The zero-order valence-electron chi connectivity index (χ0n) is 11.3. The molecule has 0 amide bonds. The van der Waals surface area contributed by atoms with E-state index >= 15 is 0 Å². The van der Waals surface area contributed by atoms with Crippen molar-refractivity contribution < 1.29 is 26.3 Å². The molecule has 0 spiro atoms. The second kappa shape index (κ2) is 6.77. The predicted molar refractivity (Wildman–Crippen MR) is 72.8 cm³/mol. The molecule has 0 atom stereocenters. The molecule has 0 saturated heterocycles. The zero-order valence-corrected chi connectivity index (χ0v) is 12.9. The fourth-order valence-corrected chi connectivity index (χ4v) is 3.37. The molecule has 122 valence electrons. The number of ether oxygens (including phenoxy) is 1. The third kappa shape index (κ3) is 4.98. The van der Waals surface area contributed by atoms with Crippen molar-refractivity contribution in [1.82, 2.24) is 8.68 Å². The van der Waals surface area contributed by atoms with Crippen LogP contribution in [0, 0.1) is 0 Å². The molecule has 7 nitrogen and oxygen atoms in total. The number of hydrogen-bond donors (Lipinski definition) is 2. The number of rotatable bonds is 7. The number of halogens is 3. The monoisotopic (exact) mass is 348 g/mol. The van der Waals surface area contributed by atoms with Gasteiger partial charge in [-0.15, -0.1) is 0 Å². The summed E-state index contributed by atoms with van der Waals surface area (Å²) in [6.07, 6.45) is -4.39. The van der Waals surface area contributed by atoms with Gasteiger partial charge in [0.05, 0.1) is 6.61 Å². The Morgan fingerprint density at radius 1 is 1.43 bits per heavy atom. The van der Waals surface area contributed by atoms with Crippen LogP contribution in [0.25, 0.3) is 0 Å². The van der Waals surface area contributed by atoms with Gasteiger partial charge in [0.25, 0.3) is 0 Å². The minimum atomic E-state index is -4.39. The van der Waals surface area contributed by atoms with Gasteiger partial charge in [0.15, 0.2) is 10.7 Å². The number of nitrogens with zero attached hydrogens (tertiary/aromatic N) is 2. The molecule has 0 aromatic carbocycles. The third-order valence-corrected chi connectivity index (χ3v) is 5.05. The molecule has 0 aliphatic carbocycles. The van der Waals surface area contributed by atoms with E-state index in [1.807, 2.05) is 0 Å². The highest BCUT2D eigenvalue weighted by Gasteiger charge is 2.28. The minimum absolute atomic E-state index is 0.00629. The van der Waals surface area contributed by atoms with Crippen LogP contribution in [0.15, 0.2) is 4.90 Å². The second-order valence-corrected chi connectivity index (χ2v) is 6.97. The lowest BCUT2D eigenvalue weighted by Gasteiger charge is -2.13. The molecule has 0 bridgehead atoms. The van der Waals surface area contributed by atoms with Crippen LogP contribution in [0.2, 0.25) is 0 Å². The van der Waals surface area contributed by atoms with Crippen molar-refractivity contribution in [2.24, 2.45) is 0 Å². The van der Waals surface area contributed by atoms with Gasteiger partial charge in [-0.05, 0) is 11.5 Å².